The predicted octanol–water partition coefficient (Wildman–Crippen LogP) is 2.96. The number of rotatable bonds is 4. The van der Waals surface area contributed by atoms with E-state index in [0.29, 0.717) is 17.2 Å². The standard InChI is InChI=1S/C16H23N3O3/c1-11-5-4-8-18(10-11)13(3)16(20)17-15-7-6-14(19(21)22)9-12(15)2/h6-7,9,11,13H,4-5,8,10H2,1-3H3,(H,17,20)/t11-,13-/m0/s1. The quantitative estimate of drug-likeness (QED) is 0.685. The molecule has 1 heterocycles. The third-order valence-electron chi connectivity index (χ3n) is 4.29. The van der Waals surface area contributed by atoms with Crippen LogP contribution in [-0.2, 0) is 4.79 Å². The first kappa shape index (κ1) is 16.4. The van der Waals surface area contributed by atoms with Crippen molar-refractivity contribution in [3.63, 3.8) is 0 Å². The Morgan fingerprint density at radius 1 is 1.50 bits per heavy atom. The van der Waals surface area contributed by atoms with E-state index in [1.807, 2.05) is 6.92 Å². The van der Waals surface area contributed by atoms with Gasteiger partial charge in [0.15, 0.2) is 0 Å². The number of piperidine rings is 1. The van der Waals surface area contributed by atoms with Crippen LogP contribution in [0.4, 0.5) is 11.4 Å². The molecule has 6 heteroatoms. The summed E-state index contributed by atoms with van der Waals surface area (Å²) >= 11 is 0. The van der Waals surface area contributed by atoms with Crippen molar-refractivity contribution in [2.24, 2.45) is 5.92 Å². The predicted molar refractivity (Wildman–Crippen MR) is 85.9 cm³/mol. The van der Waals surface area contributed by atoms with Gasteiger partial charge in [-0.3, -0.25) is 19.8 Å². The van der Waals surface area contributed by atoms with Crippen molar-refractivity contribution in [1.82, 2.24) is 4.90 Å². The van der Waals surface area contributed by atoms with E-state index in [1.165, 1.54) is 18.6 Å². The first-order valence-electron chi connectivity index (χ1n) is 7.68. The van der Waals surface area contributed by atoms with Gasteiger partial charge in [0, 0.05) is 24.4 Å². The summed E-state index contributed by atoms with van der Waals surface area (Å²) in [5, 5.41) is 13.6. The molecule has 1 aliphatic rings. The molecule has 1 N–H and O–H groups in total. The lowest BCUT2D eigenvalue weighted by atomic mass is 9.99. The Bertz CT molecular complexity index is 574. The lowest BCUT2D eigenvalue weighted by molar-refractivity contribution is -0.384. The Kier molecular flexibility index (Phi) is 5.13. The molecule has 1 aromatic rings. The minimum atomic E-state index is -0.434. The first-order chi connectivity index (χ1) is 10.4. The fourth-order valence-corrected chi connectivity index (χ4v) is 2.88. The molecule has 0 aliphatic carbocycles. The van der Waals surface area contributed by atoms with Crippen LogP contribution in [0, 0.1) is 23.0 Å². The number of amides is 1. The Hall–Kier alpha value is -1.95. The van der Waals surface area contributed by atoms with Crippen molar-refractivity contribution in [2.45, 2.75) is 39.7 Å². The molecule has 1 fully saturated rings. The van der Waals surface area contributed by atoms with Crippen LogP contribution in [0.3, 0.4) is 0 Å². The minimum absolute atomic E-state index is 0.0356. The number of carbonyl (C=O) groups excluding carboxylic acids is 1. The van der Waals surface area contributed by atoms with Crippen molar-refractivity contribution in [3.05, 3.63) is 33.9 Å². The lowest BCUT2D eigenvalue weighted by Crippen LogP contribution is -2.46. The van der Waals surface area contributed by atoms with E-state index in [2.05, 4.69) is 17.1 Å². The van der Waals surface area contributed by atoms with Gasteiger partial charge in [-0.15, -0.1) is 0 Å². The van der Waals surface area contributed by atoms with Gasteiger partial charge in [0.2, 0.25) is 5.91 Å². The van der Waals surface area contributed by atoms with Crippen molar-refractivity contribution in [2.75, 3.05) is 18.4 Å². The summed E-state index contributed by atoms with van der Waals surface area (Å²) in [6.07, 6.45) is 2.33. The van der Waals surface area contributed by atoms with Crippen LogP contribution < -0.4 is 5.32 Å². The average molecular weight is 305 g/mol. The van der Waals surface area contributed by atoms with E-state index >= 15 is 0 Å². The van der Waals surface area contributed by atoms with Crippen LogP contribution in [0.2, 0.25) is 0 Å². The van der Waals surface area contributed by atoms with Crippen molar-refractivity contribution < 1.29 is 9.72 Å². The van der Waals surface area contributed by atoms with Crippen molar-refractivity contribution in [3.8, 4) is 0 Å². The summed E-state index contributed by atoms with van der Waals surface area (Å²) in [6.45, 7) is 7.76. The zero-order valence-electron chi connectivity index (χ0n) is 13.3. The molecule has 1 amide bonds. The molecule has 0 aromatic heterocycles. The number of nitro benzene ring substituents is 1. The summed E-state index contributed by atoms with van der Waals surface area (Å²) in [6, 6.07) is 4.29. The number of likely N-dealkylation sites (tertiary alicyclic amines) is 1. The average Bonchev–Trinajstić information content (AvgIpc) is 2.48. The van der Waals surface area contributed by atoms with Gasteiger partial charge >= 0.3 is 0 Å². The molecule has 0 spiro atoms. The molecule has 1 aromatic carbocycles. The summed E-state index contributed by atoms with van der Waals surface area (Å²) in [5.74, 6) is 0.552. The Morgan fingerprint density at radius 2 is 2.23 bits per heavy atom. The molecular formula is C16H23N3O3. The summed E-state index contributed by atoms with van der Waals surface area (Å²) in [7, 11) is 0. The van der Waals surface area contributed by atoms with Gasteiger partial charge in [0.25, 0.3) is 5.69 Å². The third-order valence-corrected chi connectivity index (χ3v) is 4.29. The highest BCUT2D eigenvalue weighted by atomic mass is 16.6. The fraction of sp³-hybridized carbons (Fsp3) is 0.562. The van der Waals surface area contributed by atoms with Crippen LogP contribution in [0.1, 0.15) is 32.3 Å². The second kappa shape index (κ2) is 6.87. The van der Waals surface area contributed by atoms with E-state index in [-0.39, 0.29) is 17.6 Å². The topological polar surface area (TPSA) is 75.5 Å². The maximum Gasteiger partial charge on any atom is 0.269 e. The minimum Gasteiger partial charge on any atom is -0.324 e. The number of benzene rings is 1. The summed E-state index contributed by atoms with van der Waals surface area (Å²) in [4.78, 5) is 24.9. The van der Waals surface area contributed by atoms with Gasteiger partial charge < -0.3 is 5.32 Å². The molecule has 1 aliphatic heterocycles. The second-order valence-corrected chi connectivity index (χ2v) is 6.16. The van der Waals surface area contributed by atoms with E-state index in [0.717, 1.165) is 19.5 Å². The van der Waals surface area contributed by atoms with Crippen LogP contribution in [0.5, 0.6) is 0 Å². The zero-order valence-corrected chi connectivity index (χ0v) is 13.3. The number of hydrogen-bond donors (Lipinski definition) is 1. The van der Waals surface area contributed by atoms with Gasteiger partial charge in [0.1, 0.15) is 0 Å². The Balaban J connectivity index is 2.03. The van der Waals surface area contributed by atoms with Crippen LogP contribution >= 0.6 is 0 Å². The molecule has 0 bridgehead atoms. The number of nitro groups is 1. The maximum atomic E-state index is 12.4. The van der Waals surface area contributed by atoms with E-state index in [9.17, 15) is 14.9 Å². The zero-order chi connectivity index (χ0) is 16.3. The largest absolute Gasteiger partial charge is 0.324 e. The Morgan fingerprint density at radius 3 is 2.82 bits per heavy atom. The normalized spacial score (nSPS) is 20.4. The molecule has 2 atom stereocenters. The number of aryl methyl sites for hydroxylation is 1. The molecule has 120 valence electrons. The highest BCUT2D eigenvalue weighted by molar-refractivity contribution is 5.95. The van der Waals surface area contributed by atoms with Gasteiger partial charge in [-0.05, 0) is 50.8 Å². The van der Waals surface area contributed by atoms with Crippen LogP contribution in [0.25, 0.3) is 0 Å². The highest BCUT2D eigenvalue weighted by Gasteiger charge is 2.26. The lowest BCUT2D eigenvalue weighted by Gasteiger charge is -2.34. The van der Waals surface area contributed by atoms with E-state index in [4.69, 9.17) is 0 Å². The molecule has 6 nitrogen and oxygen atoms in total. The number of non-ortho nitro benzene ring substituents is 1. The molecule has 0 unspecified atom stereocenters. The maximum absolute atomic E-state index is 12.4. The number of anilines is 1. The molecule has 0 saturated carbocycles. The second-order valence-electron chi connectivity index (χ2n) is 6.16. The van der Waals surface area contributed by atoms with Gasteiger partial charge in [-0.1, -0.05) is 6.92 Å². The van der Waals surface area contributed by atoms with Crippen LogP contribution in [0.15, 0.2) is 18.2 Å². The summed E-state index contributed by atoms with van der Waals surface area (Å²) < 4.78 is 0. The Labute approximate surface area is 130 Å². The number of nitrogens with one attached hydrogen (secondary N) is 1. The third kappa shape index (κ3) is 3.82. The molecule has 22 heavy (non-hydrogen) atoms. The molecule has 2 rings (SSSR count). The van der Waals surface area contributed by atoms with E-state index in [1.54, 1.807) is 13.0 Å². The van der Waals surface area contributed by atoms with E-state index < -0.39 is 4.92 Å². The highest BCUT2D eigenvalue weighted by Crippen LogP contribution is 2.22. The monoisotopic (exact) mass is 305 g/mol. The van der Waals surface area contributed by atoms with Gasteiger partial charge in [-0.2, -0.15) is 0 Å². The molecule has 1 saturated heterocycles. The fourth-order valence-electron chi connectivity index (χ4n) is 2.88. The van der Waals surface area contributed by atoms with Gasteiger partial charge in [-0.25, -0.2) is 0 Å². The molecule has 0 radical (unpaired) electrons. The molecular weight excluding hydrogens is 282 g/mol. The SMILES string of the molecule is Cc1cc([N+](=O)[O-])ccc1NC(=O)[C@H](C)N1CCC[C@H](C)C1. The van der Waals surface area contributed by atoms with Crippen molar-refractivity contribution in [1.29, 1.82) is 0 Å². The van der Waals surface area contributed by atoms with Gasteiger partial charge in [0.05, 0.1) is 11.0 Å². The number of nitrogens with zero attached hydrogens (tertiary/aromatic N) is 2. The van der Waals surface area contributed by atoms with Crippen LogP contribution in [-0.4, -0.2) is 34.9 Å². The first-order valence-corrected chi connectivity index (χ1v) is 7.68. The smallest absolute Gasteiger partial charge is 0.269 e. The van der Waals surface area contributed by atoms with Crippen molar-refractivity contribution >= 4 is 17.3 Å². The summed E-state index contributed by atoms with van der Waals surface area (Å²) in [5.41, 5.74) is 1.36. The number of carbonyl (C=O) groups is 1. The number of hydrogen-bond acceptors (Lipinski definition) is 4.